The van der Waals surface area contributed by atoms with Gasteiger partial charge < -0.3 is 34.4 Å². The number of rotatable bonds is 6. The summed E-state index contributed by atoms with van der Waals surface area (Å²) >= 11 is 0. The molecule has 2 heterocycles. The van der Waals surface area contributed by atoms with E-state index in [1.54, 1.807) is 19.9 Å². The van der Waals surface area contributed by atoms with Crippen molar-refractivity contribution in [2.45, 2.75) is 130 Å². The summed E-state index contributed by atoms with van der Waals surface area (Å²) in [5.41, 5.74) is 0.0833. The van der Waals surface area contributed by atoms with Crippen molar-refractivity contribution in [2.24, 2.45) is 46.8 Å². The molecule has 14 nitrogen and oxygen atoms in total. The van der Waals surface area contributed by atoms with Crippen molar-refractivity contribution in [2.75, 3.05) is 6.61 Å². The molecule has 14 heteroatoms. The summed E-state index contributed by atoms with van der Waals surface area (Å²) < 4.78 is 19.2. The fourth-order valence-electron chi connectivity index (χ4n) is 11.0. The standard InChI is InChI=1S/C42H60N2O12/c1-20-10-13-31(54-32-18-40(8,44(51)52)36(25(6)53-32)43-56-26(7)46)21(2)15-28-16-27(19-45)24(5)17-42(28)38(49)33(39(50)55-42)37(48)41(9)30(20)12-11-29-34(41)22(3)14-23(4)35(29)47/h10-12,15-16,22-25,28-32,34-36,43,45,47-48,51-52H,13-14,17-19H2,1-9H3. The largest absolute Gasteiger partial charge is 0.511 e. The molecule has 0 aromatic carbocycles. The van der Waals surface area contributed by atoms with Gasteiger partial charge in [-0.25, -0.2) is 4.79 Å². The molecule has 6 N–H and O–H groups in total. The van der Waals surface area contributed by atoms with Crippen LogP contribution in [-0.4, -0.2) is 97.1 Å². The number of esters is 1. The average Bonchev–Trinajstić information content (AvgIpc) is 3.36. The molecule has 0 aromatic rings. The summed E-state index contributed by atoms with van der Waals surface area (Å²) in [5.74, 6) is -4.76. The molecule has 1 spiro atoms. The normalized spacial score (nSPS) is 44.2. The number of hydrogen-bond donors (Lipinski definition) is 6. The lowest BCUT2D eigenvalue weighted by atomic mass is 9.49. The quantitative estimate of drug-likeness (QED) is 0.0928. The molecular formula is C42H60N2O12. The van der Waals surface area contributed by atoms with Crippen molar-refractivity contribution >= 4 is 17.7 Å². The summed E-state index contributed by atoms with van der Waals surface area (Å²) in [6.07, 6.45) is 7.45. The van der Waals surface area contributed by atoms with Gasteiger partial charge in [0, 0.05) is 42.9 Å². The molecule has 15 atom stereocenters. The second kappa shape index (κ2) is 15.5. The highest BCUT2D eigenvalue weighted by atomic mass is 16.8. The first-order chi connectivity index (χ1) is 26.2. The minimum atomic E-state index is -1.71. The fraction of sp³-hybridized carbons (Fsp3) is 0.690. The van der Waals surface area contributed by atoms with Gasteiger partial charge in [0.05, 0.1) is 36.5 Å². The molecule has 1 saturated carbocycles. The third-order valence-electron chi connectivity index (χ3n) is 14.1. The Morgan fingerprint density at radius 2 is 1.73 bits per heavy atom. The van der Waals surface area contributed by atoms with Gasteiger partial charge >= 0.3 is 11.9 Å². The molecule has 6 aliphatic rings. The summed E-state index contributed by atoms with van der Waals surface area (Å²) in [7, 11) is 0. The molecule has 0 radical (unpaired) electrons. The lowest BCUT2D eigenvalue weighted by molar-refractivity contribution is -0.395. The third-order valence-corrected chi connectivity index (χ3v) is 14.1. The second-order valence-electron chi connectivity index (χ2n) is 17.8. The number of aliphatic hydroxyl groups is 3. The third kappa shape index (κ3) is 6.93. The Bertz CT molecular complexity index is 1750. The van der Waals surface area contributed by atoms with Crippen LogP contribution in [0.2, 0.25) is 0 Å². The van der Waals surface area contributed by atoms with Crippen LogP contribution in [-0.2, 0) is 33.4 Å². The Labute approximate surface area is 328 Å². The van der Waals surface area contributed by atoms with Crippen molar-refractivity contribution in [1.29, 1.82) is 0 Å². The van der Waals surface area contributed by atoms with Crippen LogP contribution < -0.4 is 5.48 Å². The van der Waals surface area contributed by atoms with Gasteiger partial charge in [0.2, 0.25) is 5.78 Å². The SMILES string of the molecule is CC(=O)ONC1C(C)OC(OC2CC=C(C)C3C=CC4C(O)C(C)CC(C)C4C3(C)C(O)=C3C(=O)OC4(CC(C)C(CO)=CC4C=C2C)C3=O)CC1(C)N(O)O. The van der Waals surface area contributed by atoms with E-state index in [9.17, 15) is 40.1 Å². The van der Waals surface area contributed by atoms with Crippen LogP contribution >= 0.6 is 0 Å². The monoisotopic (exact) mass is 784 g/mol. The molecule has 0 aromatic heterocycles. The predicted octanol–water partition coefficient (Wildman–Crippen LogP) is 4.79. The van der Waals surface area contributed by atoms with E-state index in [1.165, 1.54) is 6.92 Å². The smallest absolute Gasteiger partial charge is 0.346 e. The number of nitrogens with one attached hydrogen (secondary N) is 1. The first kappa shape index (κ1) is 42.4. The number of carbonyl (C=O) groups excluding carboxylic acids is 3. The number of Topliss-reactive ketones (excluding diaryl/α,β-unsaturated/α-hetero) is 1. The van der Waals surface area contributed by atoms with E-state index in [4.69, 9.17) is 19.0 Å². The number of ketones is 1. The zero-order chi connectivity index (χ0) is 41.2. The topological polar surface area (TPSA) is 205 Å². The van der Waals surface area contributed by atoms with Gasteiger partial charge in [-0.3, -0.25) is 20.0 Å². The molecule has 15 unspecified atom stereocenters. The Balaban J connectivity index is 1.50. The molecule has 2 aliphatic heterocycles. The first-order valence-electron chi connectivity index (χ1n) is 19.9. The second-order valence-corrected chi connectivity index (χ2v) is 17.8. The Morgan fingerprint density at radius 1 is 1.04 bits per heavy atom. The van der Waals surface area contributed by atoms with Gasteiger partial charge in [-0.15, -0.1) is 5.48 Å². The summed E-state index contributed by atoms with van der Waals surface area (Å²) in [6, 6.07) is -0.869. The highest BCUT2D eigenvalue weighted by molar-refractivity contribution is 6.26. The minimum Gasteiger partial charge on any atom is -0.511 e. The van der Waals surface area contributed by atoms with E-state index in [0.717, 1.165) is 5.57 Å². The number of nitrogens with zero attached hydrogens (tertiary/aromatic N) is 1. The molecule has 2 saturated heterocycles. The Morgan fingerprint density at radius 3 is 2.38 bits per heavy atom. The van der Waals surface area contributed by atoms with Crippen molar-refractivity contribution in [3.63, 3.8) is 0 Å². The molecule has 4 aliphatic carbocycles. The van der Waals surface area contributed by atoms with Crippen LogP contribution in [0.4, 0.5) is 0 Å². The molecule has 3 fully saturated rings. The summed E-state index contributed by atoms with van der Waals surface area (Å²) in [5, 5.41) is 55.4. The van der Waals surface area contributed by atoms with Gasteiger partial charge in [0.15, 0.2) is 11.9 Å². The number of hydroxylamine groups is 3. The minimum absolute atomic E-state index is 0.00518. The van der Waals surface area contributed by atoms with E-state index >= 15 is 0 Å². The van der Waals surface area contributed by atoms with E-state index in [-0.39, 0.29) is 65.6 Å². The van der Waals surface area contributed by atoms with Gasteiger partial charge in [0.1, 0.15) is 11.3 Å². The van der Waals surface area contributed by atoms with Crippen molar-refractivity contribution in [3.8, 4) is 0 Å². The molecule has 0 amide bonds. The zero-order valence-corrected chi connectivity index (χ0v) is 33.9. The van der Waals surface area contributed by atoms with Crippen LogP contribution in [0.5, 0.6) is 0 Å². The number of allylic oxidation sites excluding steroid dienone is 3. The van der Waals surface area contributed by atoms with Crippen LogP contribution in [0.15, 0.2) is 58.4 Å². The Hall–Kier alpha value is -3.21. The van der Waals surface area contributed by atoms with Gasteiger partial charge in [0.25, 0.3) is 0 Å². The van der Waals surface area contributed by atoms with E-state index < -0.39 is 76.8 Å². The maximum Gasteiger partial charge on any atom is 0.346 e. The fourth-order valence-corrected chi connectivity index (χ4v) is 11.0. The van der Waals surface area contributed by atoms with Gasteiger partial charge in [-0.1, -0.05) is 68.9 Å². The lowest BCUT2D eigenvalue weighted by Crippen LogP contribution is -2.67. The maximum atomic E-state index is 15.0. The van der Waals surface area contributed by atoms with E-state index in [1.807, 2.05) is 58.9 Å². The van der Waals surface area contributed by atoms with Crippen LogP contribution in [0.1, 0.15) is 88.0 Å². The van der Waals surface area contributed by atoms with Gasteiger partial charge in [-0.2, -0.15) is 0 Å². The molecular weight excluding hydrogens is 724 g/mol. The van der Waals surface area contributed by atoms with Crippen LogP contribution in [0, 0.1) is 46.8 Å². The van der Waals surface area contributed by atoms with Crippen molar-refractivity contribution < 1.29 is 59.2 Å². The molecule has 310 valence electrons. The molecule has 2 bridgehead atoms. The molecule has 6 rings (SSSR count). The van der Waals surface area contributed by atoms with Crippen molar-refractivity contribution in [1.82, 2.24) is 10.7 Å². The zero-order valence-electron chi connectivity index (χ0n) is 33.9. The van der Waals surface area contributed by atoms with Crippen LogP contribution in [0.25, 0.3) is 0 Å². The van der Waals surface area contributed by atoms with Gasteiger partial charge in [-0.05, 0) is 75.4 Å². The number of carbonyl (C=O) groups is 3. The average molecular weight is 785 g/mol. The molecule has 56 heavy (non-hydrogen) atoms. The first-order valence-corrected chi connectivity index (χ1v) is 19.9. The van der Waals surface area contributed by atoms with E-state index in [0.29, 0.717) is 24.0 Å². The maximum absolute atomic E-state index is 15.0. The highest BCUT2D eigenvalue weighted by Crippen LogP contribution is 2.60. The number of fused-ring (bicyclic) bond motifs is 4. The highest BCUT2D eigenvalue weighted by Gasteiger charge is 2.63. The van der Waals surface area contributed by atoms with Crippen molar-refractivity contribution in [3.05, 3.63) is 58.4 Å². The predicted molar refractivity (Wildman–Crippen MR) is 201 cm³/mol. The Kier molecular flexibility index (Phi) is 11.7. The number of ether oxygens (including phenoxy) is 3. The van der Waals surface area contributed by atoms with Crippen LogP contribution in [0.3, 0.4) is 0 Å². The lowest BCUT2D eigenvalue weighted by Gasteiger charge is -2.55. The number of aliphatic hydroxyl groups excluding tert-OH is 3. The number of hydrogen-bond acceptors (Lipinski definition) is 14. The van der Waals surface area contributed by atoms with E-state index in [2.05, 4.69) is 12.4 Å². The summed E-state index contributed by atoms with van der Waals surface area (Å²) in [6.45, 7) is 15.8. The summed E-state index contributed by atoms with van der Waals surface area (Å²) in [4.78, 5) is 45.8.